The fourth-order valence-electron chi connectivity index (χ4n) is 3.54. The molecule has 0 aliphatic heterocycles. The maximum Gasteiger partial charge on any atom is 0.267 e. The second-order valence-corrected chi connectivity index (χ2v) is 9.37. The number of hydrogen-bond acceptors (Lipinski definition) is 5. The van der Waals surface area contributed by atoms with Crippen molar-refractivity contribution in [3.8, 4) is 5.82 Å². The van der Waals surface area contributed by atoms with Crippen molar-refractivity contribution in [1.29, 1.82) is 0 Å². The Morgan fingerprint density at radius 1 is 1.06 bits per heavy atom. The Kier molecular flexibility index (Phi) is 6.89. The number of aryl methyl sites for hydroxylation is 1. The predicted molar refractivity (Wildman–Crippen MR) is 133 cm³/mol. The van der Waals surface area contributed by atoms with Crippen LogP contribution in [0.1, 0.15) is 30.9 Å². The van der Waals surface area contributed by atoms with Gasteiger partial charge in [0.05, 0.1) is 16.2 Å². The van der Waals surface area contributed by atoms with E-state index in [9.17, 15) is 9.59 Å². The molecule has 0 aliphatic carbocycles. The Labute approximate surface area is 197 Å². The minimum atomic E-state index is -0.447. The van der Waals surface area contributed by atoms with Gasteiger partial charge in [-0.2, -0.15) is 0 Å². The molecule has 33 heavy (non-hydrogen) atoms. The molecule has 0 saturated carbocycles. The molecule has 0 spiro atoms. The van der Waals surface area contributed by atoms with Crippen molar-refractivity contribution < 1.29 is 4.79 Å². The van der Waals surface area contributed by atoms with Crippen molar-refractivity contribution >= 4 is 28.6 Å². The van der Waals surface area contributed by atoms with E-state index in [1.807, 2.05) is 56.3 Å². The van der Waals surface area contributed by atoms with Gasteiger partial charge >= 0.3 is 0 Å². The summed E-state index contributed by atoms with van der Waals surface area (Å²) in [5.41, 5.74) is 2.55. The summed E-state index contributed by atoms with van der Waals surface area (Å²) in [6, 6.07) is 21.0. The fourth-order valence-corrected chi connectivity index (χ4v) is 4.48. The molecule has 0 radical (unpaired) electrons. The van der Waals surface area contributed by atoms with E-state index in [4.69, 9.17) is 4.98 Å². The molecule has 2 atom stereocenters. The lowest BCUT2D eigenvalue weighted by atomic mass is 10.0. The molecule has 1 amide bonds. The number of carbonyl (C=O) groups excluding carboxylic acids is 1. The average molecular weight is 459 g/mol. The average Bonchev–Trinajstić information content (AvgIpc) is 2.83. The lowest BCUT2D eigenvalue weighted by Gasteiger charge is -2.18. The highest BCUT2D eigenvalue weighted by Gasteiger charge is 2.21. The van der Waals surface area contributed by atoms with Crippen LogP contribution in [0.5, 0.6) is 0 Å². The maximum atomic E-state index is 13.4. The van der Waals surface area contributed by atoms with E-state index in [-0.39, 0.29) is 17.4 Å². The van der Waals surface area contributed by atoms with Crippen molar-refractivity contribution in [3.63, 3.8) is 0 Å². The number of para-hydroxylation sites is 1. The van der Waals surface area contributed by atoms with Gasteiger partial charge in [0.1, 0.15) is 5.82 Å². The first kappa shape index (κ1) is 22.7. The van der Waals surface area contributed by atoms with Crippen LogP contribution in [0.15, 0.2) is 82.9 Å². The van der Waals surface area contributed by atoms with Gasteiger partial charge in [0.25, 0.3) is 5.56 Å². The Morgan fingerprint density at radius 2 is 1.79 bits per heavy atom. The zero-order chi connectivity index (χ0) is 23.4. The van der Waals surface area contributed by atoms with E-state index >= 15 is 0 Å². The number of hydrogen-bond donors (Lipinski definition) is 1. The van der Waals surface area contributed by atoms with Crippen LogP contribution in [0.4, 0.5) is 0 Å². The number of carbonyl (C=O) groups is 1. The third kappa shape index (κ3) is 5.14. The second kappa shape index (κ2) is 10.0. The highest BCUT2D eigenvalue weighted by molar-refractivity contribution is 8.00. The molecule has 6 nitrogen and oxygen atoms in total. The highest BCUT2D eigenvalue weighted by atomic mass is 32.2. The molecule has 2 aromatic carbocycles. The van der Waals surface area contributed by atoms with E-state index in [0.717, 1.165) is 5.56 Å². The van der Waals surface area contributed by atoms with Gasteiger partial charge in [-0.15, -0.1) is 0 Å². The first-order chi connectivity index (χ1) is 15.9. The maximum absolute atomic E-state index is 13.4. The summed E-state index contributed by atoms with van der Waals surface area (Å²) in [5, 5.41) is 3.54. The van der Waals surface area contributed by atoms with Crippen molar-refractivity contribution in [2.24, 2.45) is 0 Å². The number of benzene rings is 2. The van der Waals surface area contributed by atoms with Gasteiger partial charge in [-0.3, -0.25) is 9.59 Å². The minimum absolute atomic E-state index is 0.103. The van der Waals surface area contributed by atoms with Crippen LogP contribution in [0.3, 0.4) is 0 Å². The largest absolute Gasteiger partial charge is 0.355 e. The summed E-state index contributed by atoms with van der Waals surface area (Å²) < 4.78 is 1.50. The van der Waals surface area contributed by atoms with E-state index in [2.05, 4.69) is 29.4 Å². The van der Waals surface area contributed by atoms with Crippen LogP contribution >= 0.6 is 11.8 Å². The topological polar surface area (TPSA) is 76.9 Å². The summed E-state index contributed by atoms with van der Waals surface area (Å²) in [7, 11) is 0. The lowest BCUT2D eigenvalue weighted by Crippen LogP contribution is -2.34. The number of pyridine rings is 1. The monoisotopic (exact) mass is 458 g/mol. The predicted octanol–water partition coefficient (Wildman–Crippen LogP) is 4.49. The zero-order valence-corrected chi connectivity index (χ0v) is 19.7. The van der Waals surface area contributed by atoms with Crippen molar-refractivity contribution in [1.82, 2.24) is 19.9 Å². The summed E-state index contributed by atoms with van der Waals surface area (Å²) in [6.07, 6.45) is 1.67. The molecule has 2 heterocycles. The molecule has 0 aliphatic rings. The van der Waals surface area contributed by atoms with Crippen LogP contribution in [0.2, 0.25) is 0 Å². The van der Waals surface area contributed by atoms with Gasteiger partial charge < -0.3 is 5.32 Å². The summed E-state index contributed by atoms with van der Waals surface area (Å²) in [5.74, 6) is 0.584. The molecule has 2 unspecified atom stereocenters. The van der Waals surface area contributed by atoms with Crippen molar-refractivity contribution in [2.75, 3.05) is 6.54 Å². The molecule has 1 N–H and O–H groups in total. The van der Waals surface area contributed by atoms with Crippen molar-refractivity contribution in [3.05, 3.63) is 94.4 Å². The van der Waals surface area contributed by atoms with Crippen molar-refractivity contribution in [2.45, 2.75) is 37.1 Å². The normalized spacial score (nSPS) is 12.9. The SMILES string of the molecule is Cc1ccnc(-n2c(SC(C)C(=O)NCC(C)c3ccccc3)nc3ccccc3c2=O)c1. The fraction of sp³-hybridized carbons (Fsp3) is 0.231. The van der Waals surface area contributed by atoms with Crippen LogP contribution in [-0.4, -0.2) is 32.2 Å². The van der Waals surface area contributed by atoms with Crippen LogP contribution in [0.25, 0.3) is 16.7 Å². The van der Waals surface area contributed by atoms with Gasteiger partial charge in [0, 0.05) is 12.7 Å². The molecule has 2 aromatic heterocycles. The number of nitrogens with zero attached hydrogens (tertiary/aromatic N) is 3. The quantitative estimate of drug-likeness (QED) is 0.326. The molecule has 0 bridgehead atoms. The highest BCUT2D eigenvalue weighted by Crippen LogP contribution is 2.25. The molecule has 0 fully saturated rings. The molecule has 4 aromatic rings. The number of nitrogens with one attached hydrogen (secondary N) is 1. The Bertz CT molecular complexity index is 1340. The van der Waals surface area contributed by atoms with E-state index < -0.39 is 5.25 Å². The molecule has 4 rings (SSSR count). The van der Waals surface area contributed by atoms with Gasteiger partial charge in [-0.1, -0.05) is 61.2 Å². The first-order valence-corrected chi connectivity index (χ1v) is 11.8. The van der Waals surface area contributed by atoms with Crippen LogP contribution < -0.4 is 10.9 Å². The van der Waals surface area contributed by atoms with Gasteiger partial charge in [0.15, 0.2) is 5.16 Å². The van der Waals surface area contributed by atoms with E-state index in [1.54, 1.807) is 18.3 Å². The Hall–Kier alpha value is -3.45. The van der Waals surface area contributed by atoms with E-state index in [1.165, 1.54) is 21.9 Å². The van der Waals surface area contributed by atoms with E-state index in [0.29, 0.717) is 28.4 Å². The van der Waals surface area contributed by atoms with Crippen LogP contribution in [-0.2, 0) is 4.79 Å². The van der Waals surface area contributed by atoms with Gasteiger partial charge in [0.2, 0.25) is 5.91 Å². The summed E-state index contributed by atoms with van der Waals surface area (Å²) in [6.45, 7) is 6.38. The summed E-state index contributed by atoms with van der Waals surface area (Å²) >= 11 is 1.26. The molecule has 168 valence electrons. The standard InChI is InChI=1S/C26H26N4O2S/c1-17-13-14-27-23(15-17)30-25(32)21-11-7-8-12-22(21)29-26(30)33-19(3)24(31)28-16-18(2)20-9-5-4-6-10-20/h4-15,18-19H,16H2,1-3H3,(H,28,31). The smallest absolute Gasteiger partial charge is 0.267 e. The number of rotatable bonds is 7. The lowest BCUT2D eigenvalue weighted by molar-refractivity contribution is -0.120. The molecular formula is C26H26N4O2S. The number of thioether (sulfide) groups is 1. The third-order valence-corrected chi connectivity index (χ3v) is 6.53. The molecule has 7 heteroatoms. The minimum Gasteiger partial charge on any atom is -0.355 e. The number of fused-ring (bicyclic) bond motifs is 1. The molecule has 0 saturated heterocycles. The first-order valence-electron chi connectivity index (χ1n) is 10.9. The third-order valence-electron chi connectivity index (χ3n) is 5.48. The second-order valence-electron chi connectivity index (χ2n) is 8.06. The van der Waals surface area contributed by atoms with Gasteiger partial charge in [-0.05, 0) is 55.2 Å². The Morgan fingerprint density at radius 3 is 2.55 bits per heavy atom. The molecular weight excluding hydrogens is 432 g/mol. The number of aromatic nitrogens is 3. The number of amides is 1. The Balaban J connectivity index is 1.60. The zero-order valence-electron chi connectivity index (χ0n) is 18.9. The van der Waals surface area contributed by atoms with Gasteiger partial charge in [-0.25, -0.2) is 14.5 Å². The summed E-state index contributed by atoms with van der Waals surface area (Å²) in [4.78, 5) is 35.3. The van der Waals surface area contributed by atoms with Crippen LogP contribution in [0, 0.1) is 6.92 Å².